The van der Waals surface area contributed by atoms with Gasteiger partial charge in [0.2, 0.25) is 5.91 Å². The molecule has 0 atom stereocenters. The molecule has 0 saturated carbocycles. The van der Waals surface area contributed by atoms with E-state index in [2.05, 4.69) is 21.7 Å². The SMILES string of the molecule is CC(C)(C)OC(=O)N(CC(C)(C)c1ccc(C(=O)NCCc2ccc3[nH]cc(C#N)c3c2)cc1)C(=O)C1CCNCC1. The van der Waals surface area contributed by atoms with Crippen LogP contribution in [-0.2, 0) is 21.4 Å². The first-order valence-corrected chi connectivity index (χ1v) is 14.5. The minimum atomic E-state index is -0.725. The molecule has 2 heterocycles. The van der Waals surface area contributed by atoms with Crippen LogP contribution in [0.2, 0.25) is 0 Å². The van der Waals surface area contributed by atoms with Gasteiger partial charge in [0, 0.05) is 47.1 Å². The number of fused-ring (bicyclic) bond motifs is 1. The smallest absolute Gasteiger partial charge is 0.417 e. The van der Waals surface area contributed by atoms with E-state index in [1.54, 1.807) is 39.1 Å². The summed E-state index contributed by atoms with van der Waals surface area (Å²) < 4.78 is 5.62. The number of amides is 3. The predicted molar refractivity (Wildman–Crippen MR) is 162 cm³/mol. The molecule has 1 aliphatic heterocycles. The van der Waals surface area contributed by atoms with E-state index in [-0.39, 0.29) is 24.3 Å². The third-order valence-corrected chi connectivity index (χ3v) is 7.62. The Morgan fingerprint density at radius 2 is 1.74 bits per heavy atom. The second kappa shape index (κ2) is 12.8. The van der Waals surface area contributed by atoms with Crippen LogP contribution >= 0.6 is 0 Å². The van der Waals surface area contributed by atoms with Gasteiger partial charge in [0.25, 0.3) is 5.91 Å². The summed E-state index contributed by atoms with van der Waals surface area (Å²) in [7, 11) is 0. The lowest BCUT2D eigenvalue weighted by Gasteiger charge is -2.35. The molecule has 42 heavy (non-hydrogen) atoms. The van der Waals surface area contributed by atoms with Crippen LogP contribution in [0.1, 0.15) is 74.5 Å². The van der Waals surface area contributed by atoms with E-state index in [0.29, 0.717) is 36.9 Å². The summed E-state index contributed by atoms with van der Waals surface area (Å²) in [6, 6.07) is 15.4. The van der Waals surface area contributed by atoms with E-state index in [0.717, 1.165) is 35.1 Å². The molecule has 0 radical (unpaired) electrons. The summed E-state index contributed by atoms with van der Waals surface area (Å²) in [5.74, 6) is -0.607. The number of nitriles is 1. The molecule has 0 bridgehead atoms. The van der Waals surface area contributed by atoms with Crippen molar-refractivity contribution in [3.05, 3.63) is 70.9 Å². The number of H-pyrrole nitrogens is 1. The fourth-order valence-corrected chi connectivity index (χ4v) is 5.24. The molecule has 1 fully saturated rings. The second-order valence-electron chi connectivity index (χ2n) is 12.6. The van der Waals surface area contributed by atoms with Gasteiger partial charge < -0.3 is 20.4 Å². The molecule has 0 aliphatic carbocycles. The molecule has 9 heteroatoms. The van der Waals surface area contributed by atoms with E-state index < -0.39 is 17.1 Å². The maximum Gasteiger partial charge on any atom is 0.417 e. The zero-order valence-corrected chi connectivity index (χ0v) is 25.2. The first-order valence-electron chi connectivity index (χ1n) is 14.5. The molecule has 3 N–H and O–H groups in total. The highest BCUT2D eigenvalue weighted by atomic mass is 16.6. The third kappa shape index (κ3) is 7.56. The van der Waals surface area contributed by atoms with Crippen LogP contribution in [0.15, 0.2) is 48.7 Å². The van der Waals surface area contributed by atoms with E-state index in [1.165, 1.54) is 4.90 Å². The lowest BCUT2D eigenvalue weighted by atomic mass is 9.83. The lowest BCUT2D eigenvalue weighted by Crippen LogP contribution is -2.50. The Hall–Kier alpha value is -4.16. The number of carbonyl (C=O) groups excluding carboxylic acids is 3. The lowest BCUT2D eigenvalue weighted by molar-refractivity contribution is -0.136. The van der Waals surface area contributed by atoms with Gasteiger partial charge in [-0.3, -0.25) is 9.59 Å². The van der Waals surface area contributed by atoms with E-state index in [9.17, 15) is 19.6 Å². The maximum atomic E-state index is 13.5. The first kappa shape index (κ1) is 30.8. The second-order valence-corrected chi connectivity index (χ2v) is 12.6. The van der Waals surface area contributed by atoms with Crippen LogP contribution in [0.3, 0.4) is 0 Å². The van der Waals surface area contributed by atoms with Gasteiger partial charge in [-0.1, -0.05) is 32.0 Å². The van der Waals surface area contributed by atoms with Crippen LogP contribution in [0.25, 0.3) is 10.9 Å². The Balaban J connectivity index is 1.40. The van der Waals surface area contributed by atoms with E-state index >= 15 is 0 Å². The van der Waals surface area contributed by atoms with Crippen molar-refractivity contribution in [1.29, 1.82) is 5.26 Å². The number of hydrogen-bond acceptors (Lipinski definition) is 6. The van der Waals surface area contributed by atoms with Crippen molar-refractivity contribution in [3.8, 4) is 6.07 Å². The Labute approximate surface area is 247 Å². The molecule has 9 nitrogen and oxygen atoms in total. The van der Waals surface area contributed by atoms with Crippen LogP contribution in [-0.4, -0.2) is 59.6 Å². The van der Waals surface area contributed by atoms with Gasteiger partial charge >= 0.3 is 6.09 Å². The molecule has 2 aromatic carbocycles. The van der Waals surface area contributed by atoms with Gasteiger partial charge in [-0.05, 0) is 88.5 Å². The summed E-state index contributed by atoms with van der Waals surface area (Å²) >= 11 is 0. The number of aromatic nitrogens is 1. The highest BCUT2D eigenvalue weighted by Gasteiger charge is 2.37. The summed E-state index contributed by atoms with van der Waals surface area (Å²) in [6.07, 6.45) is 3.07. The summed E-state index contributed by atoms with van der Waals surface area (Å²) in [5.41, 5.74) is 2.67. The average molecular weight is 572 g/mol. The van der Waals surface area contributed by atoms with Crippen molar-refractivity contribution >= 4 is 28.8 Å². The number of benzene rings is 2. The van der Waals surface area contributed by atoms with E-state index in [4.69, 9.17) is 4.74 Å². The van der Waals surface area contributed by atoms with Gasteiger partial charge in [-0.2, -0.15) is 5.26 Å². The van der Waals surface area contributed by atoms with E-state index in [1.807, 2.05) is 44.2 Å². The van der Waals surface area contributed by atoms with Gasteiger partial charge in [0.15, 0.2) is 0 Å². The molecular formula is C33H41N5O4. The molecule has 3 aromatic rings. The fourth-order valence-electron chi connectivity index (χ4n) is 5.24. The van der Waals surface area contributed by atoms with Crippen molar-refractivity contribution in [1.82, 2.24) is 20.5 Å². The number of carbonyl (C=O) groups is 3. The van der Waals surface area contributed by atoms with Crippen LogP contribution in [0.4, 0.5) is 4.79 Å². The molecule has 0 spiro atoms. The molecular weight excluding hydrogens is 530 g/mol. The quantitative estimate of drug-likeness (QED) is 0.347. The predicted octanol–water partition coefficient (Wildman–Crippen LogP) is 5.05. The van der Waals surface area contributed by atoms with Gasteiger partial charge in [-0.25, -0.2) is 9.69 Å². The zero-order valence-electron chi connectivity index (χ0n) is 25.2. The van der Waals surface area contributed by atoms with Crippen molar-refractivity contribution in [2.24, 2.45) is 5.92 Å². The fraction of sp³-hybridized carbons (Fsp3) is 0.455. The normalized spacial score (nSPS) is 14.3. The number of aromatic amines is 1. The van der Waals surface area contributed by atoms with Crippen molar-refractivity contribution < 1.29 is 19.1 Å². The van der Waals surface area contributed by atoms with Crippen LogP contribution < -0.4 is 10.6 Å². The van der Waals surface area contributed by atoms with Gasteiger partial charge in [0.1, 0.15) is 11.7 Å². The average Bonchev–Trinajstić information content (AvgIpc) is 3.37. The molecule has 4 rings (SSSR count). The number of nitrogens with one attached hydrogen (secondary N) is 3. The van der Waals surface area contributed by atoms with Crippen molar-refractivity contribution in [2.75, 3.05) is 26.2 Å². The zero-order chi connectivity index (χ0) is 30.5. The summed E-state index contributed by atoms with van der Waals surface area (Å²) in [6.45, 7) is 11.4. The minimum Gasteiger partial charge on any atom is -0.443 e. The topological polar surface area (TPSA) is 127 Å². The summed E-state index contributed by atoms with van der Waals surface area (Å²) in [4.78, 5) is 43.9. The number of piperidine rings is 1. The molecule has 0 unspecified atom stereocenters. The van der Waals surface area contributed by atoms with Crippen LogP contribution in [0.5, 0.6) is 0 Å². The molecule has 1 aromatic heterocycles. The molecule has 1 saturated heterocycles. The third-order valence-electron chi connectivity index (χ3n) is 7.62. The van der Waals surface area contributed by atoms with Gasteiger partial charge in [-0.15, -0.1) is 0 Å². The minimum absolute atomic E-state index is 0.162. The maximum absolute atomic E-state index is 13.5. The largest absolute Gasteiger partial charge is 0.443 e. The van der Waals surface area contributed by atoms with Gasteiger partial charge in [0.05, 0.1) is 5.56 Å². The van der Waals surface area contributed by atoms with Crippen LogP contribution in [0, 0.1) is 17.2 Å². The highest BCUT2D eigenvalue weighted by molar-refractivity contribution is 5.95. The first-order chi connectivity index (χ1) is 19.9. The number of nitrogens with zero attached hydrogens (tertiary/aromatic N) is 2. The Bertz CT molecular complexity index is 1470. The number of hydrogen-bond donors (Lipinski definition) is 3. The van der Waals surface area contributed by atoms with Crippen molar-refractivity contribution in [3.63, 3.8) is 0 Å². The summed E-state index contributed by atoms with van der Waals surface area (Å²) in [5, 5.41) is 16.4. The van der Waals surface area contributed by atoms with Crippen molar-refractivity contribution in [2.45, 2.75) is 64.9 Å². The highest BCUT2D eigenvalue weighted by Crippen LogP contribution is 2.28. The number of rotatable bonds is 8. The number of imide groups is 1. The number of ether oxygens (including phenoxy) is 1. The molecule has 3 amide bonds. The molecule has 1 aliphatic rings. The standard InChI is InChI=1S/C33H41N5O4/c1-32(2,3)42-31(41)38(30(40)24-13-15-35-16-14-24)21-33(4,5)26-9-7-23(8-10-26)29(39)36-17-12-22-6-11-28-27(18-22)25(19-34)20-37-28/h6-11,18,20,24,35,37H,12-17,21H2,1-5H3,(H,36,39). The monoisotopic (exact) mass is 571 g/mol. The Morgan fingerprint density at radius 1 is 1.05 bits per heavy atom. The Kier molecular flexibility index (Phi) is 9.37. The Morgan fingerprint density at radius 3 is 2.38 bits per heavy atom. The molecule has 222 valence electrons.